The number of rotatable bonds is 4. The Hall–Kier alpha value is -0.970. The molecule has 2 rings (SSSR count). The maximum atomic E-state index is 12.8. The van der Waals surface area contributed by atoms with Gasteiger partial charge in [-0.05, 0) is 36.6 Å². The summed E-state index contributed by atoms with van der Waals surface area (Å²) < 4.78 is 12.8. The van der Waals surface area contributed by atoms with E-state index in [1.807, 2.05) is 12.1 Å². The Balaban J connectivity index is 1.87. The molecule has 1 aromatic carbocycles. The van der Waals surface area contributed by atoms with Gasteiger partial charge in [0.25, 0.3) is 0 Å². The molecule has 0 bridgehead atoms. The molecule has 1 aromatic rings. The summed E-state index contributed by atoms with van der Waals surface area (Å²) in [6, 6.07) is 6.93. The van der Waals surface area contributed by atoms with E-state index < -0.39 is 0 Å². The van der Waals surface area contributed by atoms with Gasteiger partial charge in [0.2, 0.25) is 0 Å². The first-order chi connectivity index (χ1) is 8.15. The molecule has 17 heavy (non-hydrogen) atoms. The van der Waals surface area contributed by atoms with Crippen LogP contribution < -0.4 is 16.2 Å². The van der Waals surface area contributed by atoms with Gasteiger partial charge in [0.05, 0.1) is 6.17 Å². The molecule has 1 aliphatic rings. The Bertz CT molecular complexity index is 350. The van der Waals surface area contributed by atoms with Crippen LogP contribution in [0, 0.1) is 11.7 Å². The van der Waals surface area contributed by atoms with E-state index >= 15 is 0 Å². The third kappa shape index (κ3) is 3.49. The van der Waals surface area contributed by atoms with E-state index in [0.717, 1.165) is 18.5 Å². The molecule has 0 aromatic heterocycles. The van der Waals surface area contributed by atoms with Gasteiger partial charge in [-0.2, -0.15) is 0 Å². The van der Waals surface area contributed by atoms with Crippen molar-refractivity contribution in [3.8, 4) is 0 Å². The smallest absolute Gasteiger partial charge is 0.123 e. The molecule has 3 N–H and O–H groups in total. The molecule has 0 radical (unpaired) electrons. The Morgan fingerprint density at radius 2 is 2.00 bits per heavy atom. The van der Waals surface area contributed by atoms with Gasteiger partial charge in [-0.15, -0.1) is 0 Å². The zero-order chi connectivity index (χ0) is 12.3. The quantitative estimate of drug-likeness (QED) is 0.749. The van der Waals surface area contributed by atoms with Crippen molar-refractivity contribution >= 4 is 0 Å². The van der Waals surface area contributed by atoms with Crippen LogP contribution in [0.3, 0.4) is 0 Å². The molecule has 1 saturated heterocycles. The van der Waals surface area contributed by atoms with E-state index in [1.54, 1.807) is 0 Å². The molecule has 3 nitrogen and oxygen atoms in total. The lowest BCUT2D eigenvalue weighted by Gasteiger charge is -2.13. The molecule has 2 unspecified atom stereocenters. The lowest BCUT2D eigenvalue weighted by atomic mass is 10.0. The molecule has 2 atom stereocenters. The molecule has 94 valence electrons. The van der Waals surface area contributed by atoms with Crippen LogP contribution in [0.1, 0.15) is 31.9 Å². The fourth-order valence-electron chi connectivity index (χ4n) is 1.98. The van der Waals surface area contributed by atoms with Crippen LogP contribution in [-0.4, -0.2) is 12.7 Å². The number of halogens is 1. The van der Waals surface area contributed by atoms with Gasteiger partial charge in [0.15, 0.2) is 0 Å². The maximum Gasteiger partial charge on any atom is 0.123 e. The van der Waals surface area contributed by atoms with Gasteiger partial charge in [-0.25, -0.2) is 15.2 Å². The number of nitrogens with one attached hydrogen (secondary N) is 3. The summed E-state index contributed by atoms with van der Waals surface area (Å²) in [5.41, 5.74) is 7.57. The molecule has 0 saturated carbocycles. The van der Waals surface area contributed by atoms with Crippen LogP contribution in [0.4, 0.5) is 4.39 Å². The van der Waals surface area contributed by atoms with E-state index in [-0.39, 0.29) is 18.0 Å². The van der Waals surface area contributed by atoms with Crippen LogP contribution >= 0.6 is 0 Å². The fourth-order valence-corrected chi connectivity index (χ4v) is 1.98. The van der Waals surface area contributed by atoms with Crippen molar-refractivity contribution in [2.45, 2.75) is 32.5 Å². The second-order valence-corrected chi connectivity index (χ2v) is 4.98. The van der Waals surface area contributed by atoms with E-state index in [2.05, 4.69) is 30.0 Å². The van der Waals surface area contributed by atoms with E-state index in [4.69, 9.17) is 0 Å². The number of hydrogen-bond donors (Lipinski definition) is 3. The molecule has 0 spiro atoms. The molecule has 4 heteroatoms. The monoisotopic (exact) mass is 237 g/mol. The summed E-state index contributed by atoms with van der Waals surface area (Å²) in [5, 5.41) is 3.44. The molecular weight excluding hydrogens is 217 g/mol. The number of benzene rings is 1. The minimum absolute atomic E-state index is 0.186. The van der Waals surface area contributed by atoms with Gasteiger partial charge in [0.1, 0.15) is 5.82 Å². The summed E-state index contributed by atoms with van der Waals surface area (Å²) in [7, 11) is 0. The van der Waals surface area contributed by atoms with Crippen LogP contribution in [0.15, 0.2) is 24.3 Å². The normalized spacial score (nSPS) is 24.5. The van der Waals surface area contributed by atoms with E-state index in [1.165, 1.54) is 12.1 Å². The highest BCUT2D eigenvalue weighted by atomic mass is 19.1. The topological polar surface area (TPSA) is 36.1 Å². The highest BCUT2D eigenvalue weighted by Gasteiger charge is 2.24. The van der Waals surface area contributed by atoms with Gasteiger partial charge in [-0.1, -0.05) is 26.0 Å². The van der Waals surface area contributed by atoms with Gasteiger partial charge in [-0.3, -0.25) is 0 Å². The minimum Gasteiger partial charge on any atom is -0.301 e. The highest BCUT2D eigenvalue weighted by Crippen LogP contribution is 2.21. The summed E-state index contributed by atoms with van der Waals surface area (Å²) in [5.74, 6) is 0.455. The SMILES string of the molecule is CC(C)CNC1CC(c2ccc(F)cc2)NN1. The van der Waals surface area contributed by atoms with Crippen LogP contribution in [0.25, 0.3) is 0 Å². The second-order valence-electron chi connectivity index (χ2n) is 4.98. The molecule has 0 aliphatic carbocycles. The van der Waals surface area contributed by atoms with Gasteiger partial charge in [0, 0.05) is 6.04 Å². The van der Waals surface area contributed by atoms with Crippen LogP contribution in [0.2, 0.25) is 0 Å². The first-order valence-electron chi connectivity index (χ1n) is 6.15. The average molecular weight is 237 g/mol. The summed E-state index contributed by atoms with van der Waals surface area (Å²) in [4.78, 5) is 0. The molecule has 0 amide bonds. The largest absolute Gasteiger partial charge is 0.301 e. The number of hydrazine groups is 1. The van der Waals surface area contributed by atoms with Crippen molar-refractivity contribution in [3.05, 3.63) is 35.6 Å². The summed E-state index contributed by atoms with van der Waals surface area (Å²) >= 11 is 0. The zero-order valence-electron chi connectivity index (χ0n) is 10.3. The summed E-state index contributed by atoms with van der Waals surface area (Å²) in [6.45, 7) is 5.37. The Morgan fingerprint density at radius 1 is 1.29 bits per heavy atom. The van der Waals surface area contributed by atoms with Crippen molar-refractivity contribution in [2.24, 2.45) is 5.92 Å². The molecular formula is C13H20FN3. The zero-order valence-corrected chi connectivity index (χ0v) is 10.3. The number of hydrogen-bond acceptors (Lipinski definition) is 3. The maximum absolute atomic E-state index is 12.8. The van der Waals surface area contributed by atoms with Crippen molar-refractivity contribution in [2.75, 3.05) is 6.54 Å². The van der Waals surface area contributed by atoms with Gasteiger partial charge < -0.3 is 5.32 Å². The molecule has 1 fully saturated rings. The second kappa shape index (κ2) is 5.58. The standard InChI is InChI=1S/C13H20FN3/c1-9(2)8-15-13-7-12(16-17-13)10-3-5-11(14)6-4-10/h3-6,9,12-13,15-17H,7-8H2,1-2H3. The Kier molecular flexibility index (Phi) is 4.10. The third-order valence-corrected chi connectivity index (χ3v) is 2.95. The third-order valence-electron chi connectivity index (χ3n) is 2.95. The predicted octanol–water partition coefficient (Wildman–Crippen LogP) is 1.94. The molecule has 1 heterocycles. The Morgan fingerprint density at radius 3 is 2.65 bits per heavy atom. The van der Waals surface area contributed by atoms with Crippen LogP contribution in [-0.2, 0) is 0 Å². The average Bonchev–Trinajstić information content (AvgIpc) is 2.76. The first kappa shape index (κ1) is 12.5. The summed E-state index contributed by atoms with van der Waals surface area (Å²) in [6.07, 6.45) is 1.26. The van der Waals surface area contributed by atoms with Crippen molar-refractivity contribution in [1.29, 1.82) is 0 Å². The lowest BCUT2D eigenvalue weighted by molar-refractivity contribution is 0.424. The lowest BCUT2D eigenvalue weighted by Crippen LogP contribution is -2.42. The fraction of sp³-hybridized carbons (Fsp3) is 0.538. The van der Waals surface area contributed by atoms with Gasteiger partial charge >= 0.3 is 0 Å². The first-order valence-corrected chi connectivity index (χ1v) is 6.15. The Labute approximate surface area is 102 Å². The van der Waals surface area contributed by atoms with Crippen molar-refractivity contribution < 1.29 is 4.39 Å². The predicted molar refractivity (Wildman–Crippen MR) is 66.7 cm³/mol. The highest BCUT2D eigenvalue weighted by molar-refractivity contribution is 5.20. The minimum atomic E-state index is -0.186. The van der Waals surface area contributed by atoms with E-state index in [9.17, 15) is 4.39 Å². The van der Waals surface area contributed by atoms with E-state index in [0.29, 0.717) is 5.92 Å². The van der Waals surface area contributed by atoms with Crippen molar-refractivity contribution in [3.63, 3.8) is 0 Å². The van der Waals surface area contributed by atoms with Crippen molar-refractivity contribution in [1.82, 2.24) is 16.2 Å². The molecule has 1 aliphatic heterocycles. The van der Waals surface area contributed by atoms with Crippen LogP contribution in [0.5, 0.6) is 0 Å².